The summed E-state index contributed by atoms with van der Waals surface area (Å²) in [6.45, 7) is 5.86. The van der Waals surface area contributed by atoms with Crippen molar-refractivity contribution in [1.82, 2.24) is 10.2 Å². The molecule has 1 aliphatic rings. The van der Waals surface area contributed by atoms with Crippen LogP contribution in [0.5, 0.6) is 0 Å². The van der Waals surface area contributed by atoms with E-state index >= 15 is 0 Å². The fourth-order valence-electron chi connectivity index (χ4n) is 2.32. The van der Waals surface area contributed by atoms with E-state index < -0.39 is 0 Å². The van der Waals surface area contributed by atoms with E-state index in [1.807, 2.05) is 12.1 Å². The Morgan fingerprint density at radius 2 is 2.00 bits per heavy atom. The molecule has 1 aliphatic heterocycles. The third kappa shape index (κ3) is 3.22. The summed E-state index contributed by atoms with van der Waals surface area (Å²) in [6, 6.07) is 4.04. The van der Waals surface area contributed by atoms with Crippen LogP contribution in [0.4, 0.5) is 5.82 Å². The maximum atomic E-state index is 11.5. The van der Waals surface area contributed by atoms with Gasteiger partial charge >= 0.3 is 5.97 Å². The Morgan fingerprint density at radius 3 is 2.47 bits per heavy atom. The Labute approximate surface area is 114 Å². The molecule has 1 aromatic heterocycles. The van der Waals surface area contributed by atoms with E-state index in [0.29, 0.717) is 5.92 Å². The van der Waals surface area contributed by atoms with E-state index in [0.717, 1.165) is 37.4 Å². The number of ether oxygens (including phenoxy) is 1. The number of methoxy groups -OCH3 is 1. The minimum absolute atomic E-state index is 0.0316. The maximum Gasteiger partial charge on any atom is 0.308 e. The highest BCUT2D eigenvalue weighted by Gasteiger charge is 2.26. The molecule has 2 heterocycles. The lowest BCUT2D eigenvalue weighted by Crippen LogP contribution is -2.37. The number of carbonyl (C=O) groups excluding carboxylic acids is 1. The van der Waals surface area contributed by atoms with E-state index in [1.165, 1.54) is 7.11 Å². The van der Waals surface area contributed by atoms with Gasteiger partial charge in [0.2, 0.25) is 0 Å². The maximum absolute atomic E-state index is 11.5. The number of aromatic nitrogens is 2. The average Bonchev–Trinajstić information content (AvgIpc) is 2.46. The summed E-state index contributed by atoms with van der Waals surface area (Å²) >= 11 is 0. The molecule has 5 nitrogen and oxygen atoms in total. The Bertz CT molecular complexity index is 423. The number of piperidine rings is 1. The van der Waals surface area contributed by atoms with Crippen molar-refractivity contribution in [2.75, 3.05) is 25.1 Å². The summed E-state index contributed by atoms with van der Waals surface area (Å²) in [4.78, 5) is 13.6. The van der Waals surface area contributed by atoms with Gasteiger partial charge in [0.25, 0.3) is 0 Å². The second kappa shape index (κ2) is 5.99. The summed E-state index contributed by atoms with van der Waals surface area (Å²) < 4.78 is 4.79. The number of carbonyl (C=O) groups is 1. The second-order valence-electron chi connectivity index (χ2n) is 5.26. The lowest BCUT2D eigenvalue weighted by atomic mass is 9.97. The van der Waals surface area contributed by atoms with Crippen molar-refractivity contribution in [3.05, 3.63) is 17.8 Å². The van der Waals surface area contributed by atoms with Gasteiger partial charge in [-0.1, -0.05) is 13.8 Å². The normalized spacial score (nSPS) is 16.7. The molecular formula is C14H21N3O2. The molecule has 0 bridgehead atoms. The Hall–Kier alpha value is -1.65. The number of esters is 1. The molecule has 0 N–H and O–H groups in total. The molecule has 2 rings (SSSR count). The first-order chi connectivity index (χ1) is 9.11. The molecule has 5 heteroatoms. The van der Waals surface area contributed by atoms with E-state index in [9.17, 15) is 4.79 Å². The Morgan fingerprint density at radius 1 is 1.32 bits per heavy atom. The van der Waals surface area contributed by atoms with Crippen LogP contribution in [0.25, 0.3) is 0 Å². The monoisotopic (exact) mass is 263 g/mol. The van der Waals surface area contributed by atoms with Crippen LogP contribution in [0.3, 0.4) is 0 Å². The third-order valence-electron chi connectivity index (χ3n) is 3.62. The van der Waals surface area contributed by atoms with Crippen LogP contribution in [0.2, 0.25) is 0 Å². The van der Waals surface area contributed by atoms with Gasteiger partial charge in [-0.15, -0.1) is 5.10 Å². The molecule has 1 aromatic rings. The molecule has 0 saturated carbocycles. The highest BCUT2D eigenvalue weighted by atomic mass is 16.5. The third-order valence-corrected chi connectivity index (χ3v) is 3.62. The molecule has 0 amide bonds. The standard InChI is InChI=1S/C14H21N3O2/c1-10(2)12-4-5-13(16-15-12)17-8-6-11(7-9-17)14(18)19-3/h4-5,10-11H,6-9H2,1-3H3. The molecule has 0 aliphatic carbocycles. The van der Waals surface area contributed by atoms with Crippen LogP contribution in [-0.4, -0.2) is 36.4 Å². The number of hydrogen-bond donors (Lipinski definition) is 0. The first-order valence-corrected chi connectivity index (χ1v) is 6.78. The largest absolute Gasteiger partial charge is 0.469 e. The summed E-state index contributed by atoms with van der Waals surface area (Å²) in [7, 11) is 1.45. The van der Waals surface area contributed by atoms with Crippen LogP contribution in [-0.2, 0) is 9.53 Å². The fourth-order valence-corrected chi connectivity index (χ4v) is 2.32. The zero-order valence-corrected chi connectivity index (χ0v) is 11.8. The van der Waals surface area contributed by atoms with Crippen molar-refractivity contribution in [2.24, 2.45) is 5.92 Å². The van der Waals surface area contributed by atoms with Crippen LogP contribution >= 0.6 is 0 Å². The smallest absolute Gasteiger partial charge is 0.308 e. The van der Waals surface area contributed by atoms with Gasteiger partial charge < -0.3 is 9.64 Å². The lowest BCUT2D eigenvalue weighted by molar-refractivity contribution is -0.146. The molecule has 0 unspecified atom stereocenters. The van der Waals surface area contributed by atoms with E-state index in [4.69, 9.17) is 4.74 Å². The predicted molar refractivity (Wildman–Crippen MR) is 73.1 cm³/mol. The summed E-state index contributed by atoms with van der Waals surface area (Å²) in [5.74, 6) is 1.23. The minimum atomic E-state index is -0.0964. The molecular weight excluding hydrogens is 242 g/mol. The van der Waals surface area contributed by atoms with Gasteiger partial charge in [0, 0.05) is 13.1 Å². The van der Waals surface area contributed by atoms with Gasteiger partial charge in [-0.3, -0.25) is 4.79 Å². The fraction of sp³-hybridized carbons (Fsp3) is 0.643. The number of nitrogens with zero attached hydrogens (tertiary/aromatic N) is 3. The van der Waals surface area contributed by atoms with Crippen molar-refractivity contribution in [2.45, 2.75) is 32.6 Å². The van der Waals surface area contributed by atoms with Crippen LogP contribution in [0.15, 0.2) is 12.1 Å². The topological polar surface area (TPSA) is 55.3 Å². The highest BCUT2D eigenvalue weighted by molar-refractivity contribution is 5.72. The number of hydrogen-bond acceptors (Lipinski definition) is 5. The Balaban J connectivity index is 1.96. The minimum Gasteiger partial charge on any atom is -0.469 e. The van der Waals surface area contributed by atoms with Crippen LogP contribution in [0, 0.1) is 5.92 Å². The van der Waals surface area contributed by atoms with Crippen LogP contribution < -0.4 is 4.90 Å². The van der Waals surface area contributed by atoms with E-state index in [-0.39, 0.29) is 11.9 Å². The first kappa shape index (κ1) is 13.8. The van der Waals surface area contributed by atoms with Crippen molar-refractivity contribution in [1.29, 1.82) is 0 Å². The van der Waals surface area contributed by atoms with Crippen LogP contribution in [0.1, 0.15) is 38.3 Å². The van der Waals surface area contributed by atoms with Crippen molar-refractivity contribution in [3.8, 4) is 0 Å². The van der Waals surface area contributed by atoms with Gasteiger partial charge in [0.05, 0.1) is 18.7 Å². The molecule has 1 saturated heterocycles. The molecule has 0 atom stereocenters. The highest BCUT2D eigenvalue weighted by Crippen LogP contribution is 2.23. The predicted octanol–water partition coefficient (Wildman–Crippen LogP) is 1.99. The molecule has 0 radical (unpaired) electrons. The lowest BCUT2D eigenvalue weighted by Gasteiger charge is -2.31. The van der Waals surface area contributed by atoms with Gasteiger partial charge in [-0.25, -0.2) is 0 Å². The quantitative estimate of drug-likeness (QED) is 0.781. The van der Waals surface area contributed by atoms with E-state index in [2.05, 4.69) is 28.9 Å². The molecule has 0 spiro atoms. The first-order valence-electron chi connectivity index (χ1n) is 6.78. The summed E-state index contributed by atoms with van der Waals surface area (Å²) in [6.07, 6.45) is 1.64. The summed E-state index contributed by atoms with van der Waals surface area (Å²) in [5.41, 5.74) is 1.01. The Kier molecular flexibility index (Phi) is 4.35. The molecule has 104 valence electrons. The zero-order valence-electron chi connectivity index (χ0n) is 11.8. The van der Waals surface area contributed by atoms with Crippen molar-refractivity contribution in [3.63, 3.8) is 0 Å². The molecule has 0 aromatic carbocycles. The van der Waals surface area contributed by atoms with Crippen molar-refractivity contribution >= 4 is 11.8 Å². The van der Waals surface area contributed by atoms with Gasteiger partial charge in [0.1, 0.15) is 0 Å². The summed E-state index contributed by atoms with van der Waals surface area (Å²) in [5, 5.41) is 8.51. The van der Waals surface area contributed by atoms with Gasteiger partial charge in [-0.05, 0) is 30.9 Å². The molecule has 19 heavy (non-hydrogen) atoms. The average molecular weight is 263 g/mol. The van der Waals surface area contributed by atoms with Crippen molar-refractivity contribution < 1.29 is 9.53 Å². The number of anilines is 1. The van der Waals surface area contributed by atoms with E-state index in [1.54, 1.807) is 0 Å². The second-order valence-corrected chi connectivity index (χ2v) is 5.26. The van der Waals surface area contributed by atoms with Gasteiger partial charge in [-0.2, -0.15) is 5.10 Å². The molecule has 1 fully saturated rings. The van der Waals surface area contributed by atoms with Gasteiger partial charge in [0.15, 0.2) is 5.82 Å². The zero-order chi connectivity index (χ0) is 13.8. The SMILES string of the molecule is COC(=O)C1CCN(c2ccc(C(C)C)nn2)CC1. The number of rotatable bonds is 3.